The van der Waals surface area contributed by atoms with E-state index in [1.807, 2.05) is 0 Å². The van der Waals surface area contributed by atoms with E-state index in [9.17, 15) is 0 Å². The molecule has 0 amide bonds. The third kappa shape index (κ3) is 3.96. The first-order chi connectivity index (χ1) is 8.67. The van der Waals surface area contributed by atoms with Crippen LogP contribution < -0.4 is 5.32 Å². The lowest BCUT2D eigenvalue weighted by atomic mass is 9.70. The summed E-state index contributed by atoms with van der Waals surface area (Å²) >= 11 is 0. The summed E-state index contributed by atoms with van der Waals surface area (Å²) in [5.41, 5.74) is 0.562. The van der Waals surface area contributed by atoms with Crippen molar-refractivity contribution in [2.45, 2.75) is 52.4 Å². The Balaban J connectivity index is 1.90. The summed E-state index contributed by atoms with van der Waals surface area (Å²) in [5, 5.41) is 3.46. The van der Waals surface area contributed by atoms with E-state index >= 15 is 0 Å². The molecule has 0 unspecified atom stereocenters. The van der Waals surface area contributed by atoms with Crippen LogP contribution in [0.5, 0.6) is 0 Å². The zero-order chi connectivity index (χ0) is 13.0. The van der Waals surface area contributed by atoms with Gasteiger partial charge in [-0.15, -0.1) is 0 Å². The van der Waals surface area contributed by atoms with E-state index in [1.165, 1.54) is 64.7 Å². The molecule has 0 radical (unpaired) electrons. The van der Waals surface area contributed by atoms with E-state index in [2.05, 4.69) is 31.1 Å². The van der Waals surface area contributed by atoms with Crippen LogP contribution in [-0.4, -0.2) is 38.1 Å². The zero-order valence-electron chi connectivity index (χ0n) is 12.7. The normalized spacial score (nSPS) is 33.0. The van der Waals surface area contributed by atoms with Gasteiger partial charge in [-0.05, 0) is 56.5 Å². The Labute approximate surface area is 114 Å². The maximum atomic E-state index is 3.46. The van der Waals surface area contributed by atoms with Gasteiger partial charge in [-0.1, -0.05) is 26.7 Å². The Kier molecular flexibility index (Phi) is 5.08. The minimum absolute atomic E-state index is 0.562. The monoisotopic (exact) mass is 252 g/mol. The van der Waals surface area contributed by atoms with Crippen molar-refractivity contribution in [3.05, 3.63) is 0 Å². The molecular weight excluding hydrogens is 220 g/mol. The van der Waals surface area contributed by atoms with Crippen molar-refractivity contribution in [2.24, 2.45) is 17.3 Å². The van der Waals surface area contributed by atoms with Crippen LogP contribution in [0.3, 0.4) is 0 Å². The van der Waals surface area contributed by atoms with Crippen LogP contribution in [0.2, 0.25) is 0 Å². The van der Waals surface area contributed by atoms with Crippen LogP contribution in [0.25, 0.3) is 0 Å². The van der Waals surface area contributed by atoms with Gasteiger partial charge in [-0.25, -0.2) is 0 Å². The maximum Gasteiger partial charge on any atom is 0.00501 e. The number of rotatable bonds is 7. The van der Waals surface area contributed by atoms with Gasteiger partial charge in [-0.3, -0.25) is 0 Å². The van der Waals surface area contributed by atoms with Crippen LogP contribution in [0.4, 0.5) is 0 Å². The first kappa shape index (κ1) is 14.3. The van der Waals surface area contributed by atoms with Crippen molar-refractivity contribution in [2.75, 3.05) is 33.2 Å². The van der Waals surface area contributed by atoms with Gasteiger partial charge in [-0.2, -0.15) is 0 Å². The average Bonchev–Trinajstić information content (AvgIpc) is 3.17. The second-order valence-corrected chi connectivity index (χ2v) is 6.98. The standard InChI is InChI=1S/C16H32N2/c1-4-18(11-15-5-6-15)13-16(12-17-3)9-7-14(2)8-10-16/h14-15,17H,4-13H2,1-3H3. The average molecular weight is 252 g/mol. The smallest absolute Gasteiger partial charge is 0.00501 e. The Morgan fingerprint density at radius 1 is 1.17 bits per heavy atom. The van der Waals surface area contributed by atoms with Crippen molar-refractivity contribution >= 4 is 0 Å². The Bertz CT molecular complexity index is 239. The van der Waals surface area contributed by atoms with E-state index in [-0.39, 0.29) is 0 Å². The summed E-state index contributed by atoms with van der Waals surface area (Å²) in [5.74, 6) is 1.98. The zero-order valence-corrected chi connectivity index (χ0v) is 12.7. The summed E-state index contributed by atoms with van der Waals surface area (Å²) < 4.78 is 0. The third-order valence-electron chi connectivity index (χ3n) is 5.11. The minimum Gasteiger partial charge on any atom is -0.319 e. The second kappa shape index (κ2) is 6.38. The number of nitrogens with one attached hydrogen (secondary N) is 1. The van der Waals surface area contributed by atoms with E-state index in [0.717, 1.165) is 11.8 Å². The van der Waals surface area contributed by atoms with Crippen molar-refractivity contribution in [1.29, 1.82) is 0 Å². The van der Waals surface area contributed by atoms with Crippen LogP contribution >= 0.6 is 0 Å². The Hall–Kier alpha value is -0.0800. The van der Waals surface area contributed by atoms with Crippen LogP contribution in [0.15, 0.2) is 0 Å². The summed E-state index contributed by atoms with van der Waals surface area (Å²) in [4.78, 5) is 2.73. The van der Waals surface area contributed by atoms with Gasteiger partial charge >= 0.3 is 0 Å². The molecule has 1 N–H and O–H groups in total. The molecule has 0 spiro atoms. The summed E-state index contributed by atoms with van der Waals surface area (Å²) in [6.07, 6.45) is 8.68. The Morgan fingerprint density at radius 3 is 2.33 bits per heavy atom. The molecule has 2 aliphatic rings. The predicted molar refractivity (Wildman–Crippen MR) is 78.8 cm³/mol. The fourth-order valence-electron chi connectivity index (χ4n) is 3.59. The lowest BCUT2D eigenvalue weighted by Gasteiger charge is -2.42. The molecule has 2 heteroatoms. The van der Waals surface area contributed by atoms with Gasteiger partial charge in [0.15, 0.2) is 0 Å². The molecule has 18 heavy (non-hydrogen) atoms. The molecule has 0 atom stereocenters. The van der Waals surface area contributed by atoms with Crippen molar-refractivity contribution < 1.29 is 0 Å². The highest BCUT2D eigenvalue weighted by atomic mass is 15.1. The van der Waals surface area contributed by atoms with E-state index in [1.54, 1.807) is 0 Å². The Morgan fingerprint density at radius 2 is 1.83 bits per heavy atom. The number of hydrogen-bond donors (Lipinski definition) is 1. The molecule has 0 aromatic heterocycles. The summed E-state index contributed by atoms with van der Waals surface area (Å²) in [6.45, 7) is 9.88. The van der Waals surface area contributed by atoms with Gasteiger partial charge in [0.25, 0.3) is 0 Å². The van der Waals surface area contributed by atoms with E-state index in [4.69, 9.17) is 0 Å². The van der Waals surface area contributed by atoms with Crippen LogP contribution in [-0.2, 0) is 0 Å². The van der Waals surface area contributed by atoms with E-state index in [0.29, 0.717) is 5.41 Å². The molecule has 2 rings (SSSR count). The molecule has 0 aromatic carbocycles. The van der Waals surface area contributed by atoms with Gasteiger partial charge in [0, 0.05) is 19.6 Å². The molecule has 0 saturated heterocycles. The molecule has 2 aliphatic carbocycles. The van der Waals surface area contributed by atoms with Crippen LogP contribution in [0, 0.1) is 17.3 Å². The summed E-state index contributed by atoms with van der Waals surface area (Å²) in [7, 11) is 2.12. The van der Waals surface area contributed by atoms with Gasteiger partial charge in [0.1, 0.15) is 0 Å². The highest BCUT2D eigenvalue weighted by Crippen LogP contribution is 2.40. The number of nitrogens with zero attached hydrogens (tertiary/aromatic N) is 1. The predicted octanol–water partition coefficient (Wildman–Crippen LogP) is 3.13. The second-order valence-electron chi connectivity index (χ2n) is 6.98. The van der Waals surface area contributed by atoms with E-state index < -0.39 is 0 Å². The first-order valence-corrected chi connectivity index (χ1v) is 8.04. The molecule has 0 aromatic rings. The molecule has 0 heterocycles. The summed E-state index contributed by atoms with van der Waals surface area (Å²) in [6, 6.07) is 0. The molecule has 2 saturated carbocycles. The third-order valence-corrected chi connectivity index (χ3v) is 5.11. The molecule has 2 fully saturated rings. The number of hydrogen-bond acceptors (Lipinski definition) is 2. The van der Waals surface area contributed by atoms with Crippen molar-refractivity contribution in [1.82, 2.24) is 10.2 Å². The topological polar surface area (TPSA) is 15.3 Å². The largest absolute Gasteiger partial charge is 0.319 e. The molecule has 0 aliphatic heterocycles. The molecule has 2 nitrogen and oxygen atoms in total. The SMILES string of the molecule is CCN(CC1CC1)CC1(CNC)CCC(C)CC1. The van der Waals surface area contributed by atoms with Crippen LogP contribution in [0.1, 0.15) is 52.4 Å². The fraction of sp³-hybridized carbons (Fsp3) is 1.00. The lowest BCUT2D eigenvalue weighted by molar-refractivity contribution is 0.0883. The molecule has 106 valence electrons. The molecule has 0 bridgehead atoms. The maximum absolute atomic E-state index is 3.46. The highest BCUT2D eigenvalue weighted by Gasteiger charge is 2.36. The fourth-order valence-corrected chi connectivity index (χ4v) is 3.59. The highest BCUT2D eigenvalue weighted by molar-refractivity contribution is 4.90. The van der Waals surface area contributed by atoms with Crippen molar-refractivity contribution in [3.63, 3.8) is 0 Å². The lowest BCUT2D eigenvalue weighted by Crippen LogP contribution is -2.46. The van der Waals surface area contributed by atoms with Gasteiger partial charge in [0.05, 0.1) is 0 Å². The minimum atomic E-state index is 0.562. The molecular formula is C16H32N2. The quantitative estimate of drug-likeness (QED) is 0.749. The first-order valence-electron chi connectivity index (χ1n) is 8.04. The van der Waals surface area contributed by atoms with Gasteiger partial charge in [0.2, 0.25) is 0 Å². The van der Waals surface area contributed by atoms with Gasteiger partial charge < -0.3 is 10.2 Å². The van der Waals surface area contributed by atoms with Crippen molar-refractivity contribution in [3.8, 4) is 0 Å².